The highest BCUT2D eigenvalue weighted by Gasteiger charge is 2.27. The van der Waals surface area contributed by atoms with Crippen molar-refractivity contribution in [2.45, 2.75) is 12.5 Å². The molecule has 1 unspecified atom stereocenters. The Morgan fingerprint density at radius 2 is 2.12 bits per heavy atom. The van der Waals surface area contributed by atoms with Gasteiger partial charge in [0.15, 0.2) is 0 Å². The second-order valence-corrected chi connectivity index (χ2v) is 4.02. The van der Waals surface area contributed by atoms with Crippen LogP contribution in [0.25, 0.3) is 0 Å². The van der Waals surface area contributed by atoms with Crippen molar-refractivity contribution in [3.63, 3.8) is 0 Å². The highest BCUT2D eigenvalue weighted by atomic mass is 16.4. The van der Waals surface area contributed by atoms with E-state index in [1.54, 1.807) is 4.90 Å². The minimum atomic E-state index is -0.857. The third-order valence-electron chi connectivity index (χ3n) is 2.73. The van der Waals surface area contributed by atoms with E-state index in [0.717, 1.165) is 5.69 Å². The van der Waals surface area contributed by atoms with Gasteiger partial charge in [-0.05, 0) is 12.1 Å². The van der Waals surface area contributed by atoms with Gasteiger partial charge in [-0.15, -0.1) is 0 Å². The summed E-state index contributed by atoms with van der Waals surface area (Å²) in [6, 6.07) is 9.10. The van der Waals surface area contributed by atoms with Crippen LogP contribution >= 0.6 is 0 Å². The van der Waals surface area contributed by atoms with E-state index in [2.05, 4.69) is 5.32 Å². The van der Waals surface area contributed by atoms with Gasteiger partial charge in [-0.25, -0.2) is 0 Å². The molecule has 1 heterocycles. The summed E-state index contributed by atoms with van der Waals surface area (Å²) in [7, 11) is 0. The molecule has 17 heavy (non-hydrogen) atoms. The molecular weight excluding hydrogens is 220 g/mol. The number of rotatable bonds is 3. The first-order chi connectivity index (χ1) is 8.16. The Balaban J connectivity index is 2.10. The first-order valence-corrected chi connectivity index (χ1v) is 5.47. The van der Waals surface area contributed by atoms with E-state index in [1.807, 2.05) is 30.3 Å². The Labute approximate surface area is 99.0 Å². The number of piperazine rings is 1. The van der Waals surface area contributed by atoms with Crippen LogP contribution in [0.1, 0.15) is 6.42 Å². The fraction of sp³-hybridized carbons (Fsp3) is 0.333. The average molecular weight is 234 g/mol. The topological polar surface area (TPSA) is 69.6 Å². The van der Waals surface area contributed by atoms with Crippen LogP contribution < -0.4 is 10.2 Å². The number of hydrogen-bond donors (Lipinski definition) is 2. The lowest BCUT2D eigenvalue weighted by Crippen LogP contribution is -2.54. The minimum Gasteiger partial charge on any atom is -0.481 e. The molecule has 1 aromatic carbocycles. The maximum atomic E-state index is 11.7. The molecule has 0 spiro atoms. The van der Waals surface area contributed by atoms with Crippen molar-refractivity contribution in [2.24, 2.45) is 0 Å². The highest BCUT2D eigenvalue weighted by Crippen LogP contribution is 2.16. The number of carboxylic acids is 1. The Kier molecular flexibility index (Phi) is 3.39. The summed E-state index contributed by atoms with van der Waals surface area (Å²) >= 11 is 0. The number of benzene rings is 1. The molecule has 0 saturated carbocycles. The Bertz CT molecular complexity index is 419. The number of carbonyl (C=O) groups is 2. The van der Waals surface area contributed by atoms with Crippen molar-refractivity contribution in [3.05, 3.63) is 30.3 Å². The summed E-state index contributed by atoms with van der Waals surface area (Å²) in [5.41, 5.74) is 0.814. The number of carboxylic acid groups (broad SMARTS) is 1. The lowest BCUT2D eigenvalue weighted by Gasteiger charge is -2.32. The number of hydrogen-bond acceptors (Lipinski definition) is 3. The van der Waals surface area contributed by atoms with Gasteiger partial charge in [0.25, 0.3) is 0 Å². The minimum absolute atomic E-state index is 0.0244. The molecule has 2 N–H and O–H groups in total. The van der Waals surface area contributed by atoms with Crippen molar-refractivity contribution in [2.75, 3.05) is 18.0 Å². The van der Waals surface area contributed by atoms with Gasteiger partial charge in [0, 0.05) is 18.3 Å². The predicted molar refractivity (Wildman–Crippen MR) is 62.8 cm³/mol. The lowest BCUT2D eigenvalue weighted by molar-refractivity contribution is -0.138. The largest absolute Gasteiger partial charge is 0.481 e. The molecule has 1 fully saturated rings. The quantitative estimate of drug-likeness (QED) is 0.797. The standard InChI is InChI=1S/C12H14N2O3/c15-11-7-13-9(6-12(16)17)8-14(11)10-4-2-1-3-5-10/h1-5,9,13H,6-8H2,(H,16,17). The first kappa shape index (κ1) is 11.6. The lowest BCUT2D eigenvalue weighted by atomic mass is 10.1. The average Bonchev–Trinajstić information content (AvgIpc) is 2.32. The molecule has 90 valence electrons. The summed E-state index contributed by atoms with van der Waals surface area (Å²) < 4.78 is 0. The number of amides is 1. The monoisotopic (exact) mass is 234 g/mol. The molecule has 1 aromatic rings. The number of aliphatic carboxylic acids is 1. The number of para-hydroxylation sites is 1. The zero-order chi connectivity index (χ0) is 12.3. The van der Waals surface area contributed by atoms with Gasteiger partial charge >= 0.3 is 5.97 Å². The van der Waals surface area contributed by atoms with Gasteiger partial charge < -0.3 is 15.3 Å². The molecule has 1 atom stereocenters. The van der Waals surface area contributed by atoms with Gasteiger partial charge in [-0.3, -0.25) is 9.59 Å². The van der Waals surface area contributed by atoms with Gasteiger partial charge in [0.2, 0.25) is 5.91 Å². The van der Waals surface area contributed by atoms with Crippen molar-refractivity contribution < 1.29 is 14.7 Å². The smallest absolute Gasteiger partial charge is 0.304 e. The Morgan fingerprint density at radius 1 is 1.41 bits per heavy atom. The second kappa shape index (κ2) is 4.97. The molecule has 0 aromatic heterocycles. The van der Waals surface area contributed by atoms with Crippen molar-refractivity contribution >= 4 is 17.6 Å². The zero-order valence-electron chi connectivity index (χ0n) is 9.30. The van der Waals surface area contributed by atoms with Crippen LogP contribution in [0, 0.1) is 0 Å². The molecule has 0 bridgehead atoms. The van der Waals surface area contributed by atoms with E-state index in [4.69, 9.17) is 5.11 Å². The molecule has 1 amide bonds. The number of nitrogens with one attached hydrogen (secondary N) is 1. The van der Waals surface area contributed by atoms with Crippen LogP contribution in [0.15, 0.2) is 30.3 Å². The summed E-state index contributed by atoms with van der Waals surface area (Å²) in [4.78, 5) is 24.0. The number of nitrogens with zero attached hydrogens (tertiary/aromatic N) is 1. The maximum Gasteiger partial charge on any atom is 0.304 e. The first-order valence-electron chi connectivity index (χ1n) is 5.47. The second-order valence-electron chi connectivity index (χ2n) is 4.02. The number of anilines is 1. The van der Waals surface area contributed by atoms with Gasteiger partial charge in [-0.1, -0.05) is 18.2 Å². The van der Waals surface area contributed by atoms with E-state index in [-0.39, 0.29) is 24.9 Å². The molecular formula is C12H14N2O3. The van der Waals surface area contributed by atoms with E-state index in [9.17, 15) is 9.59 Å². The third-order valence-corrected chi connectivity index (χ3v) is 2.73. The van der Waals surface area contributed by atoms with Crippen LogP contribution in [0.2, 0.25) is 0 Å². The maximum absolute atomic E-state index is 11.7. The molecule has 1 aliphatic heterocycles. The summed E-state index contributed by atoms with van der Waals surface area (Å²) in [6.07, 6.45) is 0.0244. The van der Waals surface area contributed by atoms with E-state index in [0.29, 0.717) is 6.54 Å². The van der Waals surface area contributed by atoms with Gasteiger partial charge in [0.1, 0.15) is 0 Å². The molecule has 5 heteroatoms. The van der Waals surface area contributed by atoms with Gasteiger partial charge in [0.05, 0.1) is 13.0 Å². The van der Waals surface area contributed by atoms with Gasteiger partial charge in [-0.2, -0.15) is 0 Å². The molecule has 0 radical (unpaired) electrons. The van der Waals surface area contributed by atoms with Crippen molar-refractivity contribution in [3.8, 4) is 0 Å². The SMILES string of the molecule is O=C(O)CC1CN(c2ccccc2)C(=O)CN1. The Morgan fingerprint density at radius 3 is 2.76 bits per heavy atom. The van der Waals surface area contributed by atoms with Crippen molar-refractivity contribution in [1.29, 1.82) is 0 Å². The predicted octanol–water partition coefficient (Wildman–Crippen LogP) is 0.466. The summed E-state index contributed by atoms with van der Waals surface area (Å²) in [5.74, 6) is -0.886. The highest BCUT2D eigenvalue weighted by molar-refractivity contribution is 5.95. The summed E-state index contributed by atoms with van der Waals surface area (Å²) in [5, 5.41) is 11.7. The molecule has 1 saturated heterocycles. The van der Waals surface area contributed by atoms with Crippen molar-refractivity contribution in [1.82, 2.24) is 5.32 Å². The van der Waals surface area contributed by atoms with Crippen LogP contribution in [0.3, 0.4) is 0 Å². The summed E-state index contributed by atoms with van der Waals surface area (Å²) in [6.45, 7) is 0.585. The third kappa shape index (κ3) is 2.82. The molecule has 0 aliphatic carbocycles. The van der Waals surface area contributed by atoms with E-state index >= 15 is 0 Å². The van der Waals surface area contributed by atoms with Crippen LogP contribution in [-0.2, 0) is 9.59 Å². The van der Waals surface area contributed by atoms with Crippen LogP contribution in [-0.4, -0.2) is 36.1 Å². The fourth-order valence-electron chi connectivity index (χ4n) is 1.92. The zero-order valence-corrected chi connectivity index (χ0v) is 9.30. The van der Waals surface area contributed by atoms with Crippen LogP contribution in [0.5, 0.6) is 0 Å². The fourth-order valence-corrected chi connectivity index (χ4v) is 1.92. The molecule has 1 aliphatic rings. The van der Waals surface area contributed by atoms with E-state index in [1.165, 1.54) is 0 Å². The Hall–Kier alpha value is -1.88. The van der Waals surface area contributed by atoms with Crippen LogP contribution in [0.4, 0.5) is 5.69 Å². The molecule has 5 nitrogen and oxygen atoms in total. The normalized spacial score (nSPS) is 20.4. The van der Waals surface area contributed by atoms with E-state index < -0.39 is 5.97 Å². The number of carbonyl (C=O) groups excluding carboxylic acids is 1. The molecule has 2 rings (SSSR count).